The van der Waals surface area contributed by atoms with Gasteiger partial charge in [0, 0.05) is 20.2 Å². The molecule has 90 valence electrons. The fourth-order valence-corrected chi connectivity index (χ4v) is 1.50. The molecular weight excluding hydrogens is 226 g/mol. The van der Waals surface area contributed by atoms with E-state index in [4.69, 9.17) is 0 Å². The largest absolute Gasteiger partial charge is 0.372 e. The Morgan fingerprint density at radius 2 is 1.82 bits per heavy atom. The lowest BCUT2D eigenvalue weighted by Gasteiger charge is -2.13. The Morgan fingerprint density at radius 1 is 1.24 bits per heavy atom. The summed E-state index contributed by atoms with van der Waals surface area (Å²) in [4.78, 5) is 22.0. The molecule has 0 saturated heterocycles. The van der Waals surface area contributed by atoms with E-state index >= 15 is 0 Å². The van der Waals surface area contributed by atoms with Crippen LogP contribution < -0.4 is 4.90 Å². The summed E-state index contributed by atoms with van der Waals surface area (Å²) < 4.78 is 0. The van der Waals surface area contributed by atoms with E-state index in [2.05, 4.69) is 6.58 Å². The summed E-state index contributed by atoms with van der Waals surface area (Å²) in [5.41, 5.74) is -0.404. The predicted molar refractivity (Wildman–Crippen MR) is 64.2 cm³/mol. The van der Waals surface area contributed by atoms with Crippen LogP contribution in [0.25, 0.3) is 6.08 Å². The zero-order chi connectivity index (χ0) is 13.2. The molecule has 0 aromatic heterocycles. The number of nitrogens with zero attached hydrogens (tertiary/aromatic N) is 3. The van der Waals surface area contributed by atoms with Crippen molar-refractivity contribution in [2.75, 3.05) is 19.0 Å². The number of hydrogen-bond donors (Lipinski definition) is 0. The minimum atomic E-state index is -0.663. The van der Waals surface area contributed by atoms with Crippen LogP contribution in [0, 0.1) is 20.2 Å². The Kier molecular flexibility index (Phi) is 3.42. The van der Waals surface area contributed by atoms with Gasteiger partial charge in [-0.3, -0.25) is 20.2 Å². The van der Waals surface area contributed by atoms with Gasteiger partial charge in [0.15, 0.2) is 0 Å². The van der Waals surface area contributed by atoms with Crippen molar-refractivity contribution in [2.45, 2.75) is 0 Å². The first-order valence-electron chi connectivity index (χ1n) is 4.65. The lowest BCUT2D eigenvalue weighted by atomic mass is 10.1. The summed E-state index contributed by atoms with van der Waals surface area (Å²) >= 11 is 0. The zero-order valence-corrected chi connectivity index (χ0v) is 9.41. The van der Waals surface area contributed by atoms with Crippen LogP contribution in [-0.2, 0) is 0 Å². The zero-order valence-electron chi connectivity index (χ0n) is 9.41. The molecule has 0 atom stereocenters. The highest BCUT2D eigenvalue weighted by molar-refractivity contribution is 5.79. The van der Waals surface area contributed by atoms with Crippen molar-refractivity contribution in [3.8, 4) is 0 Å². The summed E-state index contributed by atoms with van der Waals surface area (Å²) in [7, 11) is 3.25. The SMILES string of the molecule is C=Cc1c([N+](=O)[O-])ccc(N(C)C)c1[N+](=O)[O-]. The van der Waals surface area contributed by atoms with Gasteiger partial charge in [0.2, 0.25) is 0 Å². The molecule has 0 unspecified atom stereocenters. The second-order valence-electron chi connectivity index (χ2n) is 3.48. The van der Waals surface area contributed by atoms with Crippen molar-refractivity contribution in [3.63, 3.8) is 0 Å². The van der Waals surface area contributed by atoms with Crippen molar-refractivity contribution in [3.05, 3.63) is 44.5 Å². The Hall–Kier alpha value is -2.44. The molecule has 17 heavy (non-hydrogen) atoms. The molecule has 0 aliphatic carbocycles. The molecule has 1 rings (SSSR count). The summed E-state index contributed by atoms with van der Waals surface area (Å²) in [6.45, 7) is 3.39. The smallest absolute Gasteiger partial charge is 0.306 e. The molecule has 1 aromatic carbocycles. The number of hydrogen-bond acceptors (Lipinski definition) is 5. The summed E-state index contributed by atoms with van der Waals surface area (Å²) in [5, 5.41) is 21.7. The van der Waals surface area contributed by atoms with Gasteiger partial charge in [-0.25, -0.2) is 0 Å². The van der Waals surface area contributed by atoms with E-state index in [1.807, 2.05) is 0 Å². The third kappa shape index (κ3) is 2.22. The molecule has 0 fully saturated rings. The van der Waals surface area contributed by atoms with Gasteiger partial charge >= 0.3 is 5.69 Å². The van der Waals surface area contributed by atoms with Crippen LogP contribution >= 0.6 is 0 Å². The van der Waals surface area contributed by atoms with Crippen LogP contribution in [0.15, 0.2) is 18.7 Å². The summed E-state index contributed by atoms with van der Waals surface area (Å²) in [6, 6.07) is 2.59. The highest BCUT2D eigenvalue weighted by Gasteiger charge is 2.27. The van der Waals surface area contributed by atoms with Gasteiger partial charge in [-0.05, 0) is 12.1 Å². The maximum absolute atomic E-state index is 11.0. The topological polar surface area (TPSA) is 89.5 Å². The van der Waals surface area contributed by atoms with E-state index in [1.54, 1.807) is 14.1 Å². The second kappa shape index (κ2) is 4.60. The second-order valence-corrected chi connectivity index (χ2v) is 3.48. The first-order valence-corrected chi connectivity index (χ1v) is 4.65. The van der Waals surface area contributed by atoms with Crippen LogP contribution in [0.1, 0.15) is 5.56 Å². The highest BCUT2D eigenvalue weighted by Crippen LogP contribution is 2.37. The average molecular weight is 237 g/mol. The average Bonchev–Trinajstić information content (AvgIpc) is 2.26. The third-order valence-electron chi connectivity index (χ3n) is 2.24. The molecule has 0 N–H and O–H groups in total. The van der Waals surface area contributed by atoms with E-state index in [0.29, 0.717) is 5.69 Å². The molecule has 7 nitrogen and oxygen atoms in total. The Balaban J connectivity index is 3.67. The molecule has 0 saturated carbocycles. The molecule has 7 heteroatoms. The first-order chi connectivity index (χ1) is 7.90. The molecule has 0 radical (unpaired) electrons. The number of rotatable bonds is 4. The van der Waals surface area contributed by atoms with Gasteiger partial charge < -0.3 is 4.90 Å². The van der Waals surface area contributed by atoms with Crippen molar-refractivity contribution < 1.29 is 9.85 Å². The molecular formula is C10H11N3O4. The standard InChI is InChI=1S/C10H11N3O4/c1-4-7-8(12(14)15)5-6-9(11(2)3)10(7)13(16)17/h4-6H,1H2,2-3H3. The number of benzene rings is 1. The summed E-state index contributed by atoms with van der Waals surface area (Å²) in [6.07, 6.45) is 1.13. The lowest BCUT2D eigenvalue weighted by Crippen LogP contribution is -2.12. The van der Waals surface area contributed by atoms with E-state index in [0.717, 1.165) is 6.08 Å². The molecule has 0 spiro atoms. The Labute approximate surface area is 97.3 Å². The van der Waals surface area contributed by atoms with Gasteiger partial charge in [-0.1, -0.05) is 6.58 Å². The normalized spacial score (nSPS) is 9.76. The van der Waals surface area contributed by atoms with Gasteiger partial charge in [0.1, 0.15) is 11.3 Å². The molecule has 1 aromatic rings. The molecule has 0 aliphatic rings. The van der Waals surface area contributed by atoms with E-state index in [-0.39, 0.29) is 16.9 Å². The Morgan fingerprint density at radius 3 is 2.18 bits per heavy atom. The van der Waals surface area contributed by atoms with E-state index in [9.17, 15) is 20.2 Å². The van der Waals surface area contributed by atoms with Crippen LogP contribution in [-0.4, -0.2) is 23.9 Å². The fourth-order valence-electron chi connectivity index (χ4n) is 1.50. The maximum Gasteiger partial charge on any atom is 0.306 e. The quantitative estimate of drug-likeness (QED) is 0.591. The van der Waals surface area contributed by atoms with Crippen molar-refractivity contribution >= 4 is 23.1 Å². The van der Waals surface area contributed by atoms with Gasteiger partial charge in [0.25, 0.3) is 5.69 Å². The molecule has 0 aliphatic heterocycles. The minimum absolute atomic E-state index is 0.0776. The molecule has 0 bridgehead atoms. The number of nitro benzene ring substituents is 2. The van der Waals surface area contributed by atoms with Crippen molar-refractivity contribution in [1.29, 1.82) is 0 Å². The van der Waals surface area contributed by atoms with E-state index < -0.39 is 9.85 Å². The fraction of sp³-hybridized carbons (Fsp3) is 0.200. The van der Waals surface area contributed by atoms with Gasteiger partial charge in [0.05, 0.1) is 9.85 Å². The molecule has 0 amide bonds. The van der Waals surface area contributed by atoms with Crippen molar-refractivity contribution in [2.24, 2.45) is 0 Å². The summed E-state index contributed by atoms with van der Waals surface area (Å²) in [5.74, 6) is 0. The van der Waals surface area contributed by atoms with Gasteiger partial charge in [-0.2, -0.15) is 0 Å². The van der Waals surface area contributed by atoms with Crippen LogP contribution in [0.5, 0.6) is 0 Å². The molecule has 0 heterocycles. The van der Waals surface area contributed by atoms with E-state index in [1.165, 1.54) is 17.0 Å². The van der Waals surface area contributed by atoms with Crippen LogP contribution in [0.3, 0.4) is 0 Å². The lowest BCUT2D eigenvalue weighted by molar-refractivity contribution is -0.394. The van der Waals surface area contributed by atoms with Gasteiger partial charge in [-0.15, -0.1) is 0 Å². The number of anilines is 1. The monoisotopic (exact) mass is 237 g/mol. The predicted octanol–water partition coefficient (Wildman–Crippen LogP) is 2.21. The number of nitro groups is 2. The Bertz CT molecular complexity index is 497. The third-order valence-corrected chi connectivity index (χ3v) is 2.24. The van der Waals surface area contributed by atoms with Crippen molar-refractivity contribution in [1.82, 2.24) is 0 Å². The first kappa shape index (κ1) is 12.6. The highest BCUT2D eigenvalue weighted by atomic mass is 16.6. The maximum atomic E-state index is 11.0. The van der Waals surface area contributed by atoms with Crippen LogP contribution in [0.4, 0.5) is 17.1 Å². The van der Waals surface area contributed by atoms with Crippen LogP contribution in [0.2, 0.25) is 0 Å². The minimum Gasteiger partial charge on any atom is -0.372 e.